The zero-order valence-corrected chi connectivity index (χ0v) is 14.9. The Morgan fingerprint density at radius 1 is 1.23 bits per heavy atom. The topological polar surface area (TPSA) is 92.4 Å². The second-order valence-electron chi connectivity index (χ2n) is 6.36. The molecule has 2 heterocycles. The minimum Gasteiger partial charge on any atom is -0.481 e. The second kappa shape index (κ2) is 7.00. The summed E-state index contributed by atoms with van der Waals surface area (Å²) in [6, 6.07) is 8.32. The van der Waals surface area contributed by atoms with Crippen LogP contribution in [-0.4, -0.2) is 22.0 Å². The quantitative estimate of drug-likeness (QED) is 0.730. The van der Waals surface area contributed by atoms with Gasteiger partial charge in [-0.3, -0.25) is 14.6 Å². The predicted octanol–water partition coefficient (Wildman–Crippen LogP) is 3.70. The largest absolute Gasteiger partial charge is 0.481 e. The molecule has 0 radical (unpaired) electrons. The van der Waals surface area contributed by atoms with Crippen molar-refractivity contribution in [3.05, 3.63) is 64.7 Å². The van der Waals surface area contributed by atoms with E-state index in [1.807, 2.05) is 39.0 Å². The van der Waals surface area contributed by atoms with Gasteiger partial charge >= 0.3 is 5.97 Å². The standard InChI is InChI=1S/C20H20N2O4/c1-11-6-7-15-14(9-11)19(12(2)13(3)21-15)20(25)22-16(10-18(23)24)17-5-4-8-26-17/h4-9,16H,10H2,1-3H3,(H,22,25)(H,23,24)/t16-/m1/s1. The number of pyridine rings is 1. The first-order valence-corrected chi connectivity index (χ1v) is 8.30. The maximum Gasteiger partial charge on any atom is 0.305 e. The van der Waals surface area contributed by atoms with E-state index in [2.05, 4.69) is 10.3 Å². The Morgan fingerprint density at radius 3 is 2.65 bits per heavy atom. The summed E-state index contributed by atoms with van der Waals surface area (Å²) in [4.78, 5) is 28.8. The molecule has 0 aliphatic heterocycles. The fraction of sp³-hybridized carbons (Fsp3) is 0.250. The van der Waals surface area contributed by atoms with Gasteiger partial charge in [0, 0.05) is 11.1 Å². The fourth-order valence-electron chi connectivity index (χ4n) is 3.00. The Kier molecular flexibility index (Phi) is 4.75. The Hall–Kier alpha value is -3.15. The van der Waals surface area contributed by atoms with E-state index in [9.17, 15) is 14.7 Å². The molecule has 0 saturated carbocycles. The van der Waals surface area contributed by atoms with Gasteiger partial charge in [0.25, 0.3) is 5.91 Å². The number of carboxylic acid groups (broad SMARTS) is 1. The number of carbonyl (C=O) groups is 2. The number of rotatable bonds is 5. The van der Waals surface area contributed by atoms with Crippen molar-refractivity contribution < 1.29 is 19.1 Å². The molecular weight excluding hydrogens is 332 g/mol. The van der Waals surface area contributed by atoms with Gasteiger partial charge in [-0.05, 0) is 50.6 Å². The van der Waals surface area contributed by atoms with Crippen LogP contribution in [0.15, 0.2) is 41.0 Å². The molecule has 3 rings (SSSR count). The maximum atomic E-state index is 13.1. The van der Waals surface area contributed by atoms with E-state index < -0.39 is 12.0 Å². The number of hydrogen-bond donors (Lipinski definition) is 2. The van der Waals surface area contributed by atoms with Crippen LogP contribution in [-0.2, 0) is 4.79 Å². The number of nitrogens with one attached hydrogen (secondary N) is 1. The number of aromatic nitrogens is 1. The number of fused-ring (bicyclic) bond motifs is 1. The molecular formula is C20H20N2O4. The molecule has 0 spiro atoms. The molecule has 6 heteroatoms. The van der Waals surface area contributed by atoms with Crippen LogP contribution in [0.4, 0.5) is 0 Å². The summed E-state index contributed by atoms with van der Waals surface area (Å²) in [5.41, 5.74) is 3.80. The van der Waals surface area contributed by atoms with Crippen molar-refractivity contribution in [3.63, 3.8) is 0 Å². The summed E-state index contributed by atoms with van der Waals surface area (Å²) in [6.45, 7) is 5.65. The smallest absolute Gasteiger partial charge is 0.305 e. The van der Waals surface area contributed by atoms with E-state index in [-0.39, 0.29) is 12.3 Å². The predicted molar refractivity (Wildman–Crippen MR) is 97.1 cm³/mol. The summed E-state index contributed by atoms with van der Waals surface area (Å²) >= 11 is 0. The highest BCUT2D eigenvalue weighted by molar-refractivity contribution is 6.08. The summed E-state index contributed by atoms with van der Waals surface area (Å²) < 4.78 is 5.30. The van der Waals surface area contributed by atoms with E-state index in [0.29, 0.717) is 11.3 Å². The lowest BCUT2D eigenvalue weighted by atomic mass is 9.99. The SMILES string of the molecule is Cc1ccc2nc(C)c(C)c(C(=O)N[C@H](CC(=O)O)c3ccco3)c2c1. The maximum absolute atomic E-state index is 13.1. The molecule has 134 valence electrons. The average molecular weight is 352 g/mol. The first-order chi connectivity index (χ1) is 12.4. The van der Waals surface area contributed by atoms with E-state index in [1.165, 1.54) is 6.26 Å². The minimum atomic E-state index is -1.02. The van der Waals surface area contributed by atoms with Crippen molar-refractivity contribution >= 4 is 22.8 Å². The number of aliphatic carboxylic acids is 1. The van der Waals surface area contributed by atoms with E-state index in [4.69, 9.17) is 4.42 Å². The average Bonchev–Trinajstić information content (AvgIpc) is 3.10. The summed E-state index contributed by atoms with van der Waals surface area (Å²) in [6.07, 6.45) is 1.19. The lowest BCUT2D eigenvalue weighted by Crippen LogP contribution is -2.31. The number of amides is 1. The third-order valence-corrected chi connectivity index (χ3v) is 4.43. The summed E-state index contributed by atoms with van der Waals surface area (Å²) in [5, 5.41) is 12.7. The first-order valence-electron chi connectivity index (χ1n) is 8.30. The third-order valence-electron chi connectivity index (χ3n) is 4.43. The number of carboxylic acids is 1. The van der Waals surface area contributed by atoms with Crippen molar-refractivity contribution in [2.24, 2.45) is 0 Å². The molecule has 0 saturated heterocycles. The monoisotopic (exact) mass is 352 g/mol. The van der Waals surface area contributed by atoms with Gasteiger partial charge < -0.3 is 14.8 Å². The van der Waals surface area contributed by atoms with Crippen LogP contribution in [0.5, 0.6) is 0 Å². The van der Waals surface area contributed by atoms with Crippen molar-refractivity contribution in [2.75, 3.05) is 0 Å². The number of carbonyl (C=O) groups excluding carboxylic acids is 1. The van der Waals surface area contributed by atoms with Gasteiger partial charge in [0.15, 0.2) is 0 Å². The normalized spacial score (nSPS) is 12.1. The number of hydrogen-bond acceptors (Lipinski definition) is 4. The molecule has 26 heavy (non-hydrogen) atoms. The minimum absolute atomic E-state index is 0.265. The zero-order chi connectivity index (χ0) is 18.8. The molecule has 0 aliphatic carbocycles. The number of aryl methyl sites for hydroxylation is 2. The number of furan rings is 1. The van der Waals surface area contributed by atoms with Crippen molar-refractivity contribution in [3.8, 4) is 0 Å². The third kappa shape index (κ3) is 3.44. The van der Waals surface area contributed by atoms with Crippen LogP contribution in [0.25, 0.3) is 10.9 Å². The fourth-order valence-corrected chi connectivity index (χ4v) is 3.00. The van der Waals surface area contributed by atoms with Crippen molar-refractivity contribution in [1.82, 2.24) is 10.3 Å². The van der Waals surface area contributed by atoms with E-state index in [0.717, 1.165) is 27.7 Å². The second-order valence-corrected chi connectivity index (χ2v) is 6.36. The zero-order valence-electron chi connectivity index (χ0n) is 14.9. The summed E-state index contributed by atoms with van der Waals surface area (Å²) in [7, 11) is 0. The highest BCUT2D eigenvalue weighted by Gasteiger charge is 2.24. The van der Waals surface area contributed by atoms with Crippen LogP contribution in [0, 0.1) is 20.8 Å². The Bertz CT molecular complexity index is 977. The van der Waals surface area contributed by atoms with Gasteiger partial charge in [-0.2, -0.15) is 0 Å². The molecule has 1 aromatic carbocycles. The lowest BCUT2D eigenvalue weighted by molar-refractivity contribution is -0.137. The van der Waals surface area contributed by atoms with E-state index >= 15 is 0 Å². The molecule has 6 nitrogen and oxygen atoms in total. The lowest BCUT2D eigenvalue weighted by Gasteiger charge is -2.18. The number of benzene rings is 1. The van der Waals surface area contributed by atoms with Gasteiger partial charge in [0.05, 0.1) is 29.8 Å². The first kappa shape index (κ1) is 17.7. The van der Waals surface area contributed by atoms with Gasteiger partial charge in [0.1, 0.15) is 5.76 Å². The van der Waals surface area contributed by atoms with Crippen molar-refractivity contribution in [1.29, 1.82) is 0 Å². The molecule has 0 bridgehead atoms. The number of nitrogens with zero attached hydrogens (tertiary/aromatic N) is 1. The molecule has 0 fully saturated rings. The molecule has 3 aromatic rings. The van der Waals surface area contributed by atoms with Gasteiger partial charge in [-0.1, -0.05) is 11.6 Å². The highest BCUT2D eigenvalue weighted by Crippen LogP contribution is 2.26. The summed E-state index contributed by atoms with van der Waals surface area (Å²) in [5.74, 6) is -0.953. The van der Waals surface area contributed by atoms with E-state index in [1.54, 1.807) is 12.1 Å². The van der Waals surface area contributed by atoms with Crippen LogP contribution >= 0.6 is 0 Å². The molecule has 2 aromatic heterocycles. The molecule has 1 atom stereocenters. The van der Waals surface area contributed by atoms with Crippen LogP contribution in [0.3, 0.4) is 0 Å². The highest BCUT2D eigenvalue weighted by atomic mass is 16.4. The van der Waals surface area contributed by atoms with Gasteiger partial charge in [-0.25, -0.2) is 0 Å². The Morgan fingerprint density at radius 2 is 2.00 bits per heavy atom. The Labute approximate surface area is 150 Å². The molecule has 0 unspecified atom stereocenters. The molecule has 2 N–H and O–H groups in total. The van der Waals surface area contributed by atoms with Crippen LogP contribution in [0.1, 0.15) is 45.4 Å². The van der Waals surface area contributed by atoms with Gasteiger partial charge in [-0.15, -0.1) is 0 Å². The van der Waals surface area contributed by atoms with Crippen LogP contribution in [0.2, 0.25) is 0 Å². The molecule has 0 aliphatic rings. The molecule has 1 amide bonds. The van der Waals surface area contributed by atoms with Crippen molar-refractivity contribution in [2.45, 2.75) is 33.2 Å². The van der Waals surface area contributed by atoms with Crippen LogP contribution < -0.4 is 5.32 Å². The Balaban J connectivity index is 2.05. The van der Waals surface area contributed by atoms with Gasteiger partial charge in [0.2, 0.25) is 0 Å².